The molecule has 2 heterocycles. The first-order valence-electron chi connectivity index (χ1n) is 6.47. The van der Waals surface area contributed by atoms with Crippen LogP contribution in [0.25, 0.3) is 0 Å². The maximum atomic E-state index is 10.6. The summed E-state index contributed by atoms with van der Waals surface area (Å²) in [5.41, 5.74) is 0.759. The Bertz CT molecular complexity index is 403. The minimum absolute atomic E-state index is 0.0696. The highest BCUT2D eigenvalue weighted by Crippen LogP contribution is 2.37. The van der Waals surface area contributed by atoms with Gasteiger partial charge in [0.2, 0.25) is 0 Å². The third kappa shape index (κ3) is 2.24. The van der Waals surface area contributed by atoms with Gasteiger partial charge >= 0.3 is 0 Å². The minimum atomic E-state index is -0.595. The number of ether oxygens (including phenoxy) is 2. The normalized spacial score (nSPS) is 25.7. The molecule has 102 valence electrons. The summed E-state index contributed by atoms with van der Waals surface area (Å²) in [5.74, 6) is 0.753. The molecular weight excluding hydrogens is 232 g/mol. The molecule has 1 N–H and O–H groups in total. The van der Waals surface area contributed by atoms with E-state index < -0.39 is 6.10 Å². The second-order valence-corrected chi connectivity index (χ2v) is 5.11. The Hall–Kier alpha value is -1.07. The number of rotatable bonds is 4. The molecule has 0 bridgehead atoms. The van der Waals surface area contributed by atoms with Gasteiger partial charge in [-0.1, -0.05) is 0 Å². The highest BCUT2D eigenvalue weighted by atomic mass is 16.5. The Morgan fingerprint density at radius 3 is 2.78 bits per heavy atom. The van der Waals surface area contributed by atoms with E-state index in [1.165, 1.54) is 0 Å². The summed E-state index contributed by atoms with van der Waals surface area (Å²) >= 11 is 0. The van der Waals surface area contributed by atoms with Crippen LogP contribution in [0.15, 0.2) is 6.20 Å². The van der Waals surface area contributed by atoms with E-state index >= 15 is 0 Å². The minimum Gasteiger partial charge on any atom is -0.493 e. The van der Waals surface area contributed by atoms with Gasteiger partial charge in [-0.15, -0.1) is 0 Å². The van der Waals surface area contributed by atoms with Crippen LogP contribution in [-0.2, 0) is 4.74 Å². The number of aliphatic hydroxyl groups is 1. The third-order valence-electron chi connectivity index (χ3n) is 3.63. The molecule has 1 saturated heterocycles. The van der Waals surface area contributed by atoms with Crippen LogP contribution < -0.4 is 4.74 Å². The largest absolute Gasteiger partial charge is 0.493 e. The van der Waals surface area contributed by atoms with Crippen LogP contribution in [0.4, 0.5) is 0 Å². The van der Waals surface area contributed by atoms with Crippen molar-refractivity contribution in [3.05, 3.63) is 11.9 Å². The van der Waals surface area contributed by atoms with E-state index in [9.17, 15) is 5.11 Å². The monoisotopic (exact) mass is 254 g/mol. The van der Waals surface area contributed by atoms with Crippen molar-refractivity contribution >= 4 is 0 Å². The van der Waals surface area contributed by atoms with Crippen molar-refractivity contribution in [2.45, 2.75) is 45.4 Å². The molecular formula is C13H22N2O3. The van der Waals surface area contributed by atoms with Crippen molar-refractivity contribution in [2.24, 2.45) is 5.92 Å². The van der Waals surface area contributed by atoms with Crippen molar-refractivity contribution < 1.29 is 14.6 Å². The highest BCUT2D eigenvalue weighted by molar-refractivity contribution is 5.28. The lowest BCUT2D eigenvalue weighted by Gasteiger charge is -2.23. The predicted molar refractivity (Wildman–Crippen MR) is 67.6 cm³/mol. The number of methoxy groups -OCH3 is 1. The van der Waals surface area contributed by atoms with Crippen LogP contribution in [0, 0.1) is 5.92 Å². The molecule has 1 aliphatic rings. The maximum Gasteiger partial charge on any atom is 0.162 e. The fourth-order valence-electron chi connectivity index (χ4n) is 2.57. The maximum absolute atomic E-state index is 10.6. The van der Waals surface area contributed by atoms with E-state index in [2.05, 4.69) is 5.10 Å². The van der Waals surface area contributed by atoms with Gasteiger partial charge in [0.1, 0.15) is 11.8 Å². The standard InChI is InChI=1S/C13H22N2O3/c1-8(2)15-12(11(17-4)7-14-15)13(16)10-5-6-18-9(10)3/h7-10,13,16H,5-6H2,1-4H3. The molecule has 0 amide bonds. The molecule has 1 fully saturated rings. The van der Waals surface area contributed by atoms with Crippen LogP contribution in [0.3, 0.4) is 0 Å². The van der Waals surface area contributed by atoms with Gasteiger partial charge in [-0.05, 0) is 27.2 Å². The summed E-state index contributed by atoms with van der Waals surface area (Å²) in [6.45, 7) is 6.79. The van der Waals surface area contributed by atoms with Crippen molar-refractivity contribution in [1.82, 2.24) is 9.78 Å². The number of aliphatic hydroxyl groups excluding tert-OH is 1. The molecule has 0 radical (unpaired) electrons. The molecule has 5 heteroatoms. The zero-order chi connectivity index (χ0) is 13.3. The average Bonchev–Trinajstić information content (AvgIpc) is 2.93. The quantitative estimate of drug-likeness (QED) is 0.892. The van der Waals surface area contributed by atoms with Crippen molar-refractivity contribution in [2.75, 3.05) is 13.7 Å². The number of hydrogen-bond acceptors (Lipinski definition) is 4. The summed E-state index contributed by atoms with van der Waals surface area (Å²) in [6, 6.07) is 0.191. The van der Waals surface area contributed by atoms with Crippen molar-refractivity contribution in [3.63, 3.8) is 0 Å². The van der Waals surface area contributed by atoms with Crippen LogP contribution in [0.5, 0.6) is 5.75 Å². The molecule has 0 aliphatic carbocycles. The summed E-state index contributed by atoms with van der Waals surface area (Å²) in [5, 5.41) is 14.9. The van der Waals surface area contributed by atoms with Crippen LogP contribution in [0.2, 0.25) is 0 Å². The topological polar surface area (TPSA) is 56.5 Å². The summed E-state index contributed by atoms with van der Waals surface area (Å²) in [4.78, 5) is 0. The lowest BCUT2D eigenvalue weighted by molar-refractivity contribution is 0.0369. The van der Waals surface area contributed by atoms with E-state index in [-0.39, 0.29) is 18.1 Å². The van der Waals surface area contributed by atoms with E-state index in [4.69, 9.17) is 9.47 Å². The van der Waals surface area contributed by atoms with Crippen molar-refractivity contribution in [1.29, 1.82) is 0 Å². The SMILES string of the molecule is COc1cnn(C(C)C)c1C(O)C1CCOC1C. The van der Waals surface area contributed by atoms with Gasteiger partial charge in [-0.25, -0.2) is 0 Å². The van der Waals surface area contributed by atoms with Gasteiger partial charge in [0.15, 0.2) is 5.75 Å². The molecule has 0 aromatic carbocycles. The molecule has 18 heavy (non-hydrogen) atoms. The van der Waals surface area contributed by atoms with Gasteiger partial charge in [-0.2, -0.15) is 5.10 Å². The molecule has 3 atom stereocenters. The van der Waals surface area contributed by atoms with Gasteiger partial charge < -0.3 is 14.6 Å². The van der Waals surface area contributed by atoms with Crippen LogP contribution >= 0.6 is 0 Å². The third-order valence-corrected chi connectivity index (χ3v) is 3.63. The molecule has 1 aromatic heterocycles. The molecule has 5 nitrogen and oxygen atoms in total. The fraction of sp³-hybridized carbons (Fsp3) is 0.769. The fourth-order valence-corrected chi connectivity index (χ4v) is 2.57. The summed E-state index contributed by atoms with van der Waals surface area (Å²) in [6.07, 6.45) is 2.01. The first kappa shape index (κ1) is 13.4. The Kier molecular flexibility index (Phi) is 3.92. The summed E-state index contributed by atoms with van der Waals surface area (Å²) in [7, 11) is 1.60. The predicted octanol–water partition coefficient (Wildman–Crippen LogP) is 1.93. The lowest BCUT2D eigenvalue weighted by atomic mass is 9.93. The molecule has 1 aliphatic heterocycles. The number of nitrogens with zero attached hydrogens (tertiary/aromatic N) is 2. The van der Waals surface area contributed by atoms with Gasteiger partial charge in [-0.3, -0.25) is 4.68 Å². The van der Waals surface area contributed by atoms with E-state index in [0.717, 1.165) is 12.1 Å². The van der Waals surface area contributed by atoms with E-state index in [0.29, 0.717) is 12.4 Å². The molecule has 0 spiro atoms. The zero-order valence-corrected chi connectivity index (χ0v) is 11.5. The van der Waals surface area contributed by atoms with Gasteiger partial charge in [0, 0.05) is 18.6 Å². The molecule has 3 unspecified atom stereocenters. The van der Waals surface area contributed by atoms with Gasteiger partial charge in [0.05, 0.1) is 19.4 Å². The Balaban J connectivity index is 2.33. The second-order valence-electron chi connectivity index (χ2n) is 5.11. The second kappa shape index (κ2) is 5.28. The first-order chi connectivity index (χ1) is 8.56. The van der Waals surface area contributed by atoms with Crippen LogP contribution in [-0.4, -0.2) is 34.7 Å². The smallest absolute Gasteiger partial charge is 0.162 e. The van der Waals surface area contributed by atoms with E-state index in [1.54, 1.807) is 13.3 Å². The lowest BCUT2D eigenvalue weighted by Crippen LogP contribution is -2.23. The molecule has 0 saturated carbocycles. The van der Waals surface area contributed by atoms with Crippen molar-refractivity contribution in [3.8, 4) is 5.75 Å². The Labute approximate surface area is 108 Å². The molecule has 2 rings (SSSR count). The number of hydrogen-bond donors (Lipinski definition) is 1. The average molecular weight is 254 g/mol. The first-order valence-corrected chi connectivity index (χ1v) is 6.47. The molecule has 1 aromatic rings. The summed E-state index contributed by atoms with van der Waals surface area (Å²) < 4.78 is 12.7. The van der Waals surface area contributed by atoms with Crippen LogP contribution in [0.1, 0.15) is 45.0 Å². The van der Waals surface area contributed by atoms with E-state index in [1.807, 2.05) is 25.5 Å². The zero-order valence-electron chi connectivity index (χ0n) is 11.5. The Morgan fingerprint density at radius 1 is 1.56 bits per heavy atom. The highest BCUT2D eigenvalue weighted by Gasteiger charge is 2.35. The number of aromatic nitrogens is 2. The van der Waals surface area contributed by atoms with Gasteiger partial charge in [0.25, 0.3) is 0 Å². The Morgan fingerprint density at radius 2 is 2.28 bits per heavy atom.